The molecule has 2 rings (SSSR count). The molecule has 5 heteroatoms. The molecule has 0 aliphatic carbocycles. The SMILES string of the molecule is CC(C)c1ccc(NCc2cn(CCCO)nn2)cc1. The van der Waals surface area contributed by atoms with Crippen LogP contribution in [0, 0.1) is 0 Å². The first-order valence-electron chi connectivity index (χ1n) is 7.02. The molecule has 0 saturated carbocycles. The van der Waals surface area contributed by atoms with E-state index in [0.29, 0.717) is 25.4 Å². The summed E-state index contributed by atoms with van der Waals surface area (Å²) < 4.78 is 1.76. The highest BCUT2D eigenvalue weighted by Gasteiger charge is 2.02. The summed E-state index contributed by atoms with van der Waals surface area (Å²) in [5.74, 6) is 0.551. The highest BCUT2D eigenvalue weighted by atomic mass is 16.3. The predicted octanol–water partition coefficient (Wildman–Crippen LogP) is 2.40. The van der Waals surface area contributed by atoms with E-state index in [2.05, 4.69) is 53.7 Å². The van der Waals surface area contributed by atoms with Gasteiger partial charge in [0.25, 0.3) is 0 Å². The number of hydrogen-bond donors (Lipinski definition) is 2. The summed E-state index contributed by atoms with van der Waals surface area (Å²) in [7, 11) is 0. The van der Waals surface area contributed by atoms with Gasteiger partial charge in [-0.25, -0.2) is 0 Å². The van der Waals surface area contributed by atoms with Crippen LogP contribution in [0.25, 0.3) is 0 Å². The molecule has 0 radical (unpaired) electrons. The molecule has 108 valence electrons. The third-order valence-corrected chi connectivity index (χ3v) is 3.18. The number of aliphatic hydroxyl groups excluding tert-OH is 1. The summed E-state index contributed by atoms with van der Waals surface area (Å²) >= 11 is 0. The van der Waals surface area contributed by atoms with E-state index in [1.807, 2.05) is 6.20 Å². The Labute approximate surface area is 119 Å². The predicted molar refractivity (Wildman–Crippen MR) is 79.6 cm³/mol. The van der Waals surface area contributed by atoms with E-state index in [-0.39, 0.29) is 6.61 Å². The topological polar surface area (TPSA) is 63.0 Å². The van der Waals surface area contributed by atoms with E-state index >= 15 is 0 Å². The zero-order valence-corrected chi connectivity index (χ0v) is 12.1. The van der Waals surface area contributed by atoms with Crippen molar-refractivity contribution in [3.8, 4) is 0 Å². The monoisotopic (exact) mass is 274 g/mol. The number of aromatic nitrogens is 3. The number of benzene rings is 1. The Bertz CT molecular complexity index is 519. The molecule has 0 amide bonds. The summed E-state index contributed by atoms with van der Waals surface area (Å²) in [6.45, 7) is 5.91. The normalized spacial score (nSPS) is 11.0. The van der Waals surface area contributed by atoms with E-state index < -0.39 is 0 Å². The fraction of sp³-hybridized carbons (Fsp3) is 0.467. The number of aryl methyl sites for hydroxylation is 1. The minimum atomic E-state index is 0.176. The minimum Gasteiger partial charge on any atom is -0.396 e. The number of nitrogens with zero attached hydrogens (tertiary/aromatic N) is 3. The minimum absolute atomic E-state index is 0.176. The van der Waals surface area contributed by atoms with Gasteiger partial charge >= 0.3 is 0 Å². The smallest absolute Gasteiger partial charge is 0.102 e. The van der Waals surface area contributed by atoms with Gasteiger partial charge in [0.15, 0.2) is 0 Å². The number of rotatable bonds is 7. The Morgan fingerprint density at radius 1 is 1.25 bits per heavy atom. The molecule has 0 aliphatic rings. The van der Waals surface area contributed by atoms with Crippen LogP contribution in [0.15, 0.2) is 30.5 Å². The fourth-order valence-electron chi connectivity index (χ4n) is 1.94. The molecule has 0 saturated heterocycles. The van der Waals surface area contributed by atoms with Crippen LogP contribution in [0.4, 0.5) is 5.69 Å². The van der Waals surface area contributed by atoms with Gasteiger partial charge in [0.2, 0.25) is 0 Å². The summed E-state index contributed by atoms with van der Waals surface area (Å²) in [4.78, 5) is 0. The van der Waals surface area contributed by atoms with Crippen molar-refractivity contribution in [3.05, 3.63) is 41.7 Å². The van der Waals surface area contributed by atoms with Crippen LogP contribution in [0.1, 0.15) is 37.4 Å². The molecule has 2 N–H and O–H groups in total. The first-order valence-corrected chi connectivity index (χ1v) is 7.02. The van der Waals surface area contributed by atoms with Gasteiger partial charge in [0.1, 0.15) is 5.69 Å². The van der Waals surface area contributed by atoms with Crippen LogP contribution < -0.4 is 5.32 Å². The molecule has 0 unspecified atom stereocenters. The lowest BCUT2D eigenvalue weighted by molar-refractivity contribution is 0.276. The number of nitrogens with one attached hydrogen (secondary N) is 1. The Morgan fingerprint density at radius 2 is 2.00 bits per heavy atom. The van der Waals surface area contributed by atoms with Gasteiger partial charge < -0.3 is 10.4 Å². The molecule has 20 heavy (non-hydrogen) atoms. The standard InChI is InChI=1S/C15H22N4O/c1-12(2)13-4-6-14(7-5-13)16-10-15-11-19(18-17-15)8-3-9-20/h4-7,11-12,16,20H,3,8-10H2,1-2H3. The molecule has 1 aromatic carbocycles. The van der Waals surface area contributed by atoms with E-state index in [9.17, 15) is 0 Å². The van der Waals surface area contributed by atoms with Crippen LogP contribution in [0.5, 0.6) is 0 Å². The van der Waals surface area contributed by atoms with Gasteiger partial charge in [0.05, 0.1) is 12.7 Å². The Kier molecular flexibility index (Phi) is 5.12. The molecule has 5 nitrogen and oxygen atoms in total. The van der Waals surface area contributed by atoms with Crippen LogP contribution >= 0.6 is 0 Å². The second kappa shape index (κ2) is 7.05. The van der Waals surface area contributed by atoms with Crippen molar-refractivity contribution >= 4 is 5.69 Å². The van der Waals surface area contributed by atoms with Gasteiger partial charge in [-0.3, -0.25) is 4.68 Å². The average Bonchev–Trinajstić information content (AvgIpc) is 2.91. The third kappa shape index (κ3) is 4.06. The Hall–Kier alpha value is -1.88. The van der Waals surface area contributed by atoms with E-state index in [1.165, 1.54) is 5.56 Å². The van der Waals surface area contributed by atoms with Crippen LogP contribution in [-0.4, -0.2) is 26.7 Å². The maximum absolute atomic E-state index is 8.77. The van der Waals surface area contributed by atoms with Gasteiger partial charge in [-0.05, 0) is 30.0 Å². The van der Waals surface area contributed by atoms with Crippen LogP contribution in [0.2, 0.25) is 0 Å². The number of aliphatic hydroxyl groups is 1. The molecule has 0 bridgehead atoms. The second-order valence-corrected chi connectivity index (χ2v) is 5.18. The lowest BCUT2D eigenvalue weighted by Gasteiger charge is -2.08. The summed E-state index contributed by atoms with van der Waals surface area (Å²) in [6.07, 6.45) is 2.61. The molecule has 0 fully saturated rings. The average molecular weight is 274 g/mol. The third-order valence-electron chi connectivity index (χ3n) is 3.18. The van der Waals surface area contributed by atoms with E-state index in [0.717, 1.165) is 11.4 Å². The zero-order chi connectivity index (χ0) is 14.4. The fourth-order valence-corrected chi connectivity index (χ4v) is 1.94. The van der Waals surface area contributed by atoms with Gasteiger partial charge in [-0.1, -0.05) is 31.2 Å². The van der Waals surface area contributed by atoms with E-state index in [1.54, 1.807) is 4.68 Å². The van der Waals surface area contributed by atoms with E-state index in [4.69, 9.17) is 5.11 Å². The first-order chi connectivity index (χ1) is 9.69. The lowest BCUT2D eigenvalue weighted by Crippen LogP contribution is -2.01. The maximum atomic E-state index is 8.77. The molecule has 0 atom stereocenters. The van der Waals surface area contributed by atoms with Crippen molar-refractivity contribution in [2.75, 3.05) is 11.9 Å². The summed E-state index contributed by atoms with van der Waals surface area (Å²) in [6, 6.07) is 8.47. The van der Waals surface area contributed by atoms with Crippen molar-refractivity contribution in [2.24, 2.45) is 0 Å². The van der Waals surface area contributed by atoms with Crippen molar-refractivity contribution in [2.45, 2.75) is 39.3 Å². The quantitative estimate of drug-likeness (QED) is 0.814. The molecular formula is C15H22N4O. The number of anilines is 1. The molecule has 1 aromatic heterocycles. The lowest BCUT2D eigenvalue weighted by atomic mass is 10.0. The largest absolute Gasteiger partial charge is 0.396 e. The molecule has 1 heterocycles. The van der Waals surface area contributed by atoms with Gasteiger partial charge in [0, 0.05) is 18.8 Å². The van der Waals surface area contributed by atoms with Crippen molar-refractivity contribution in [1.82, 2.24) is 15.0 Å². The first kappa shape index (κ1) is 14.5. The Morgan fingerprint density at radius 3 is 2.65 bits per heavy atom. The molecular weight excluding hydrogens is 252 g/mol. The summed E-state index contributed by atoms with van der Waals surface area (Å²) in [5, 5.41) is 20.2. The van der Waals surface area contributed by atoms with Crippen molar-refractivity contribution in [3.63, 3.8) is 0 Å². The van der Waals surface area contributed by atoms with Crippen molar-refractivity contribution in [1.29, 1.82) is 0 Å². The molecule has 2 aromatic rings. The highest BCUT2D eigenvalue weighted by Crippen LogP contribution is 2.17. The zero-order valence-electron chi connectivity index (χ0n) is 12.1. The van der Waals surface area contributed by atoms with Gasteiger partial charge in [-0.15, -0.1) is 5.10 Å². The molecule has 0 aliphatic heterocycles. The summed E-state index contributed by atoms with van der Waals surface area (Å²) in [5.41, 5.74) is 3.32. The Balaban J connectivity index is 1.86. The maximum Gasteiger partial charge on any atom is 0.102 e. The van der Waals surface area contributed by atoms with Crippen LogP contribution in [0.3, 0.4) is 0 Å². The van der Waals surface area contributed by atoms with Crippen LogP contribution in [-0.2, 0) is 13.1 Å². The second-order valence-electron chi connectivity index (χ2n) is 5.18. The highest BCUT2D eigenvalue weighted by molar-refractivity contribution is 5.45. The van der Waals surface area contributed by atoms with Gasteiger partial charge in [-0.2, -0.15) is 0 Å². The van der Waals surface area contributed by atoms with Crippen molar-refractivity contribution < 1.29 is 5.11 Å². The molecule has 0 spiro atoms. The number of hydrogen-bond acceptors (Lipinski definition) is 4.